The van der Waals surface area contributed by atoms with Crippen molar-refractivity contribution in [3.05, 3.63) is 35.9 Å². The van der Waals surface area contributed by atoms with Crippen molar-refractivity contribution in [3.8, 4) is 0 Å². The van der Waals surface area contributed by atoms with Gasteiger partial charge in [0.05, 0.1) is 13.2 Å². The Morgan fingerprint density at radius 3 is 2.62 bits per heavy atom. The summed E-state index contributed by atoms with van der Waals surface area (Å²) in [5, 5.41) is 0. The fourth-order valence-electron chi connectivity index (χ4n) is 2.76. The Labute approximate surface area is 139 Å². The van der Waals surface area contributed by atoms with Crippen LogP contribution < -0.4 is 0 Å². The molecular weight excluding hydrogens is 333 g/mol. The van der Waals surface area contributed by atoms with E-state index in [9.17, 15) is 0 Å². The topological polar surface area (TPSA) is 30.8 Å². The van der Waals surface area contributed by atoms with E-state index in [-0.39, 0.29) is 11.4 Å². The van der Waals surface area contributed by atoms with Crippen LogP contribution in [0.2, 0.25) is 0 Å². The van der Waals surface area contributed by atoms with Crippen LogP contribution in [0.1, 0.15) is 18.4 Å². The predicted octanol–water partition coefficient (Wildman–Crippen LogP) is 4.15. The molecule has 0 bridgehead atoms. The van der Waals surface area contributed by atoms with Gasteiger partial charge in [-0.05, 0) is 18.4 Å². The third-order valence-electron chi connectivity index (χ3n) is 4.14. The van der Waals surface area contributed by atoms with E-state index in [4.69, 9.17) is 44.3 Å². The first-order chi connectivity index (χ1) is 10.00. The summed E-state index contributed by atoms with van der Waals surface area (Å²) in [5.74, 6) is 0.534. The summed E-state index contributed by atoms with van der Waals surface area (Å²) in [6.45, 7) is 1.74. The summed E-state index contributed by atoms with van der Waals surface area (Å²) in [6.07, 6.45) is 2.02. The molecule has 114 valence electrons. The van der Waals surface area contributed by atoms with Gasteiger partial charge in [-0.1, -0.05) is 65.1 Å². The number of hydrogen-bond acceptors (Lipinski definition) is 3. The molecule has 1 fully saturated rings. The van der Waals surface area contributed by atoms with E-state index >= 15 is 0 Å². The zero-order valence-electron chi connectivity index (χ0n) is 11.4. The third-order valence-corrected chi connectivity index (χ3v) is 4.63. The smallest absolute Gasteiger partial charge is 0.266 e. The Kier molecular flexibility index (Phi) is 4.37. The first kappa shape index (κ1) is 15.4. The number of rotatable bonds is 4. The summed E-state index contributed by atoms with van der Waals surface area (Å²) in [7, 11) is 0. The van der Waals surface area contributed by atoms with Gasteiger partial charge < -0.3 is 9.47 Å². The average molecular weight is 349 g/mol. The lowest BCUT2D eigenvalue weighted by atomic mass is 9.68. The zero-order chi connectivity index (χ0) is 14.9. The molecule has 0 N–H and O–H groups in total. The molecule has 1 aromatic carbocycles. The minimum absolute atomic E-state index is 0.209. The molecule has 6 heteroatoms. The van der Waals surface area contributed by atoms with Crippen LogP contribution in [-0.4, -0.2) is 28.4 Å². The van der Waals surface area contributed by atoms with Crippen LogP contribution in [0, 0.1) is 5.92 Å². The number of alkyl halides is 3. The van der Waals surface area contributed by atoms with E-state index in [0.29, 0.717) is 25.7 Å². The van der Waals surface area contributed by atoms with Crippen molar-refractivity contribution in [2.45, 2.75) is 28.8 Å². The van der Waals surface area contributed by atoms with E-state index in [1.165, 1.54) is 5.56 Å². The van der Waals surface area contributed by atoms with Gasteiger partial charge in [0.15, 0.2) is 0 Å². The van der Waals surface area contributed by atoms with E-state index in [1.807, 2.05) is 30.3 Å². The van der Waals surface area contributed by atoms with Crippen LogP contribution in [-0.2, 0) is 16.1 Å². The maximum Gasteiger partial charge on any atom is 0.266 e. The highest BCUT2D eigenvalue weighted by Crippen LogP contribution is 2.47. The highest BCUT2D eigenvalue weighted by atomic mass is 35.6. The zero-order valence-corrected chi connectivity index (χ0v) is 13.7. The van der Waals surface area contributed by atoms with Gasteiger partial charge in [0.25, 0.3) is 3.79 Å². The molecule has 2 unspecified atom stereocenters. The van der Waals surface area contributed by atoms with Gasteiger partial charge in [-0.15, -0.1) is 0 Å². The second kappa shape index (κ2) is 5.96. The molecule has 0 saturated heterocycles. The maximum absolute atomic E-state index is 5.82. The first-order valence-corrected chi connectivity index (χ1v) is 8.04. The fourth-order valence-corrected chi connectivity index (χ4v) is 3.05. The Balaban J connectivity index is 1.55. The third kappa shape index (κ3) is 3.31. The van der Waals surface area contributed by atoms with Crippen molar-refractivity contribution in [2.24, 2.45) is 10.9 Å². The molecule has 1 aliphatic carbocycles. The lowest BCUT2D eigenvalue weighted by Gasteiger charge is -2.42. The summed E-state index contributed by atoms with van der Waals surface area (Å²) >= 11 is 17.5. The monoisotopic (exact) mass is 347 g/mol. The van der Waals surface area contributed by atoms with Crippen molar-refractivity contribution in [3.63, 3.8) is 0 Å². The van der Waals surface area contributed by atoms with E-state index in [0.717, 1.165) is 12.8 Å². The number of aliphatic imine (C=N–C) groups is 1. The van der Waals surface area contributed by atoms with Crippen LogP contribution in [0.5, 0.6) is 0 Å². The highest BCUT2D eigenvalue weighted by molar-refractivity contribution is 6.76. The molecule has 0 radical (unpaired) electrons. The number of benzene rings is 1. The fraction of sp³-hybridized carbons (Fsp3) is 0.533. The van der Waals surface area contributed by atoms with Gasteiger partial charge >= 0.3 is 0 Å². The number of ether oxygens (including phenoxy) is 2. The quantitative estimate of drug-likeness (QED) is 0.765. The van der Waals surface area contributed by atoms with E-state index in [2.05, 4.69) is 4.99 Å². The standard InChI is InChI=1S/C15H16Cl3NO2/c16-15(17,18)13-19-14(10-21-13)7-6-12(14)9-20-8-11-4-2-1-3-5-11/h1-5,12H,6-10H2. The van der Waals surface area contributed by atoms with Crippen molar-refractivity contribution in [1.82, 2.24) is 0 Å². The second-order valence-electron chi connectivity index (χ2n) is 5.54. The van der Waals surface area contributed by atoms with Crippen LogP contribution in [0.25, 0.3) is 0 Å². The summed E-state index contributed by atoms with van der Waals surface area (Å²) in [6, 6.07) is 10.1. The van der Waals surface area contributed by atoms with Crippen LogP contribution in [0.3, 0.4) is 0 Å². The van der Waals surface area contributed by atoms with Gasteiger partial charge in [-0.2, -0.15) is 0 Å². The van der Waals surface area contributed by atoms with Gasteiger partial charge in [0.1, 0.15) is 12.1 Å². The molecule has 21 heavy (non-hydrogen) atoms. The predicted molar refractivity (Wildman–Crippen MR) is 85.2 cm³/mol. The maximum atomic E-state index is 5.82. The molecule has 0 amide bonds. The SMILES string of the molecule is ClC(Cl)(Cl)C1=NC2(CCC2COCc2ccccc2)CO1. The van der Waals surface area contributed by atoms with Gasteiger partial charge in [-0.3, -0.25) is 0 Å². The molecule has 1 saturated carbocycles. The lowest BCUT2D eigenvalue weighted by molar-refractivity contribution is -0.00163. The number of nitrogens with zero attached hydrogens (tertiary/aromatic N) is 1. The molecule has 2 aliphatic rings. The molecular formula is C15H16Cl3NO2. The number of hydrogen-bond donors (Lipinski definition) is 0. The minimum Gasteiger partial charge on any atom is -0.475 e. The Hall–Kier alpha value is -0.480. The molecule has 1 heterocycles. The van der Waals surface area contributed by atoms with Crippen LogP contribution >= 0.6 is 34.8 Å². The lowest BCUT2D eigenvalue weighted by Crippen LogP contribution is -2.49. The molecule has 1 aliphatic heterocycles. The van der Waals surface area contributed by atoms with E-state index < -0.39 is 3.79 Å². The van der Waals surface area contributed by atoms with Crippen LogP contribution in [0.4, 0.5) is 0 Å². The highest BCUT2D eigenvalue weighted by Gasteiger charge is 2.53. The summed E-state index contributed by atoms with van der Waals surface area (Å²) in [4.78, 5) is 4.52. The first-order valence-electron chi connectivity index (χ1n) is 6.91. The molecule has 0 aromatic heterocycles. The Morgan fingerprint density at radius 1 is 1.29 bits per heavy atom. The molecule has 3 nitrogen and oxygen atoms in total. The second-order valence-corrected chi connectivity index (χ2v) is 7.82. The molecule has 1 spiro atoms. The molecule has 2 atom stereocenters. The molecule has 3 rings (SSSR count). The summed E-state index contributed by atoms with van der Waals surface area (Å²) < 4.78 is 9.70. The van der Waals surface area contributed by atoms with Crippen molar-refractivity contribution in [1.29, 1.82) is 0 Å². The largest absolute Gasteiger partial charge is 0.475 e. The normalized spacial score (nSPS) is 28.1. The molecule has 1 aromatic rings. The van der Waals surface area contributed by atoms with Crippen LogP contribution in [0.15, 0.2) is 35.3 Å². The minimum atomic E-state index is -1.57. The Bertz CT molecular complexity index is 529. The van der Waals surface area contributed by atoms with Gasteiger partial charge in [0, 0.05) is 5.92 Å². The van der Waals surface area contributed by atoms with Crippen molar-refractivity contribution in [2.75, 3.05) is 13.2 Å². The van der Waals surface area contributed by atoms with Crippen molar-refractivity contribution >= 4 is 40.7 Å². The summed E-state index contributed by atoms with van der Waals surface area (Å²) in [5.41, 5.74) is 0.912. The Morgan fingerprint density at radius 2 is 2.05 bits per heavy atom. The van der Waals surface area contributed by atoms with Crippen molar-refractivity contribution < 1.29 is 9.47 Å². The van der Waals surface area contributed by atoms with Gasteiger partial charge in [-0.25, -0.2) is 4.99 Å². The number of halogens is 3. The van der Waals surface area contributed by atoms with E-state index in [1.54, 1.807) is 0 Å². The average Bonchev–Trinajstić information content (AvgIpc) is 2.91. The van der Waals surface area contributed by atoms with Gasteiger partial charge in [0.2, 0.25) is 5.90 Å².